The summed E-state index contributed by atoms with van der Waals surface area (Å²) < 4.78 is 4.81. The number of ether oxygens (including phenoxy) is 1. The molecule has 0 saturated heterocycles. The lowest BCUT2D eigenvalue weighted by Crippen LogP contribution is -2.19. The van der Waals surface area contributed by atoms with E-state index in [1.807, 2.05) is 24.3 Å². The fraction of sp³-hybridized carbons (Fsp3) is 0.188. The van der Waals surface area contributed by atoms with Crippen LogP contribution < -0.4 is 10.5 Å². The normalized spacial score (nSPS) is 11.1. The lowest BCUT2D eigenvalue weighted by Gasteiger charge is -2.26. The molecule has 0 spiro atoms. The third-order valence-corrected chi connectivity index (χ3v) is 3.38. The number of nitrogens with two attached hydrogens (primary N) is 1. The Hall–Kier alpha value is -2.49. The average molecular weight is 271 g/mol. The molecule has 0 saturated carbocycles. The lowest BCUT2D eigenvalue weighted by molar-refractivity contribution is 0.211. The standard InChI is InChI=1S/C16H17NO3/c1-16(2,11-3-7-13(18)8-4-11)12-5-9-14(10-6-12)20-15(17)19/h3-10,18H,1-2H3,(H2,17,19). The second-order valence-corrected chi connectivity index (χ2v) is 5.12. The minimum Gasteiger partial charge on any atom is -0.508 e. The molecule has 3 N–H and O–H groups in total. The fourth-order valence-electron chi connectivity index (χ4n) is 2.10. The third-order valence-electron chi connectivity index (χ3n) is 3.38. The topological polar surface area (TPSA) is 72.6 Å². The molecule has 0 aliphatic heterocycles. The summed E-state index contributed by atoms with van der Waals surface area (Å²) >= 11 is 0. The van der Waals surface area contributed by atoms with Crippen LogP contribution in [0.15, 0.2) is 48.5 Å². The first-order valence-electron chi connectivity index (χ1n) is 6.27. The van der Waals surface area contributed by atoms with Crippen LogP contribution in [0.1, 0.15) is 25.0 Å². The molecule has 20 heavy (non-hydrogen) atoms. The van der Waals surface area contributed by atoms with Crippen molar-refractivity contribution in [2.45, 2.75) is 19.3 Å². The summed E-state index contributed by atoms with van der Waals surface area (Å²) in [6, 6.07) is 14.3. The summed E-state index contributed by atoms with van der Waals surface area (Å²) in [5.41, 5.74) is 6.90. The maximum Gasteiger partial charge on any atom is 0.409 e. The smallest absolute Gasteiger partial charge is 0.409 e. The highest BCUT2D eigenvalue weighted by molar-refractivity contribution is 5.68. The van der Waals surface area contributed by atoms with Crippen molar-refractivity contribution < 1.29 is 14.6 Å². The largest absolute Gasteiger partial charge is 0.508 e. The molecule has 0 unspecified atom stereocenters. The maximum atomic E-state index is 10.7. The Labute approximate surface area is 117 Å². The van der Waals surface area contributed by atoms with Crippen molar-refractivity contribution in [1.82, 2.24) is 0 Å². The first-order chi connectivity index (χ1) is 9.39. The highest BCUT2D eigenvalue weighted by Gasteiger charge is 2.23. The quantitative estimate of drug-likeness (QED) is 0.900. The molecule has 4 nitrogen and oxygen atoms in total. The number of rotatable bonds is 3. The van der Waals surface area contributed by atoms with Crippen LogP contribution in [-0.4, -0.2) is 11.2 Å². The van der Waals surface area contributed by atoms with Gasteiger partial charge in [-0.25, -0.2) is 4.79 Å². The highest BCUT2D eigenvalue weighted by atomic mass is 16.5. The number of carbonyl (C=O) groups excluding carboxylic acids is 1. The second kappa shape index (κ2) is 5.25. The zero-order chi connectivity index (χ0) is 14.8. The molecule has 1 amide bonds. The summed E-state index contributed by atoms with van der Waals surface area (Å²) in [4.78, 5) is 10.7. The van der Waals surface area contributed by atoms with Crippen molar-refractivity contribution in [3.05, 3.63) is 59.7 Å². The summed E-state index contributed by atoms with van der Waals surface area (Å²) in [5.74, 6) is 0.664. The molecule has 104 valence electrons. The predicted octanol–water partition coefficient (Wildman–Crippen LogP) is 3.18. The van der Waals surface area contributed by atoms with Gasteiger partial charge in [-0.3, -0.25) is 0 Å². The lowest BCUT2D eigenvalue weighted by atomic mass is 9.78. The van der Waals surface area contributed by atoms with Crippen molar-refractivity contribution in [2.24, 2.45) is 5.73 Å². The fourth-order valence-corrected chi connectivity index (χ4v) is 2.10. The van der Waals surface area contributed by atoms with Crippen LogP contribution in [0.2, 0.25) is 0 Å². The van der Waals surface area contributed by atoms with Crippen molar-refractivity contribution in [3.63, 3.8) is 0 Å². The predicted molar refractivity (Wildman–Crippen MR) is 76.9 cm³/mol. The molecule has 0 bridgehead atoms. The number of hydrogen-bond donors (Lipinski definition) is 2. The van der Waals surface area contributed by atoms with Gasteiger partial charge >= 0.3 is 6.09 Å². The van der Waals surface area contributed by atoms with E-state index in [0.717, 1.165) is 11.1 Å². The average Bonchev–Trinajstić information content (AvgIpc) is 2.39. The SMILES string of the molecule is CC(C)(c1ccc(O)cc1)c1ccc(OC(N)=O)cc1. The van der Waals surface area contributed by atoms with Crippen LogP contribution in [0.25, 0.3) is 0 Å². The van der Waals surface area contributed by atoms with E-state index in [4.69, 9.17) is 10.5 Å². The minimum atomic E-state index is -0.824. The molecule has 0 heterocycles. The first kappa shape index (κ1) is 13.9. The van der Waals surface area contributed by atoms with Crippen LogP contribution in [0.5, 0.6) is 11.5 Å². The molecule has 0 aliphatic carbocycles. The van der Waals surface area contributed by atoms with E-state index < -0.39 is 6.09 Å². The molecule has 0 aromatic heterocycles. The van der Waals surface area contributed by atoms with Crippen LogP contribution >= 0.6 is 0 Å². The number of phenolic OH excluding ortho intramolecular Hbond substituents is 1. The molecular formula is C16H17NO3. The Kier molecular flexibility index (Phi) is 3.66. The Morgan fingerprint density at radius 2 is 1.45 bits per heavy atom. The van der Waals surface area contributed by atoms with E-state index in [0.29, 0.717) is 5.75 Å². The number of phenols is 1. The molecule has 0 atom stereocenters. The first-order valence-corrected chi connectivity index (χ1v) is 6.27. The van der Waals surface area contributed by atoms with Gasteiger partial charge in [-0.15, -0.1) is 0 Å². The number of carbonyl (C=O) groups is 1. The van der Waals surface area contributed by atoms with Gasteiger partial charge in [0.25, 0.3) is 0 Å². The van der Waals surface area contributed by atoms with Crippen LogP contribution in [0, 0.1) is 0 Å². The van der Waals surface area contributed by atoms with E-state index in [9.17, 15) is 9.90 Å². The Balaban J connectivity index is 2.29. The number of hydrogen-bond acceptors (Lipinski definition) is 3. The zero-order valence-electron chi connectivity index (χ0n) is 11.5. The maximum absolute atomic E-state index is 10.7. The van der Waals surface area contributed by atoms with Crippen molar-refractivity contribution in [1.29, 1.82) is 0 Å². The van der Waals surface area contributed by atoms with Gasteiger partial charge in [-0.05, 0) is 35.4 Å². The monoisotopic (exact) mass is 271 g/mol. The van der Waals surface area contributed by atoms with Crippen LogP contribution in [0.3, 0.4) is 0 Å². The van der Waals surface area contributed by atoms with Crippen molar-refractivity contribution in [3.8, 4) is 11.5 Å². The van der Waals surface area contributed by atoms with E-state index in [-0.39, 0.29) is 11.2 Å². The number of benzene rings is 2. The zero-order valence-corrected chi connectivity index (χ0v) is 11.5. The van der Waals surface area contributed by atoms with E-state index in [1.165, 1.54) is 0 Å². The summed E-state index contributed by atoms with van der Waals surface area (Å²) in [7, 11) is 0. The molecule has 2 aromatic carbocycles. The molecule has 4 heteroatoms. The third kappa shape index (κ3) is 2.91. The van der Waals surface area contributed by atoms with E-state index in [1.54, 1.807) is 24.3 Å². The number of aromatic hydroxyl groups is 1. The van der Waals surface area contributed by atoms with Crippen molar-refractivity contribution >= 4 is 6.09 Å². The van der Waals surface area contributed by atoms with Gasteiger partial charge in [0.05, 0.1) is 0 Å². The van der Waals surface area contributed by atoms with Gasteiger partial charge in [0.1, 0.15) is 11.5 Å². The Morgan fingerprint density at radius 1 is 1.00 bits per heavy atom. The Morgan fingerprint density at radius 3 is 1.90 bits per heavy atom. The van der Waals surface area contributed by atoms with Gasteiger partial charge < -0.3 is 15.6 Å². The molecule has 0 radical (unpaired) electrons. The molecule has 0 fully saturated rings. The molecule has 2 rings (SSSR count). The second-order valence-electron chi connectivity index (χ2n) is 5.12. The van der Waals surface area contributed by atoms with Gasteiger partial charge in [0.2, 0.25) is 0 Å². The number of amides is 1. The van der Waals surface area contributed by atoms with Crippen LogP contribution in [0.4, 0.5) is 4.79 Å². The molecule has 2 aromatic rings. The summed E-state index contributed by atoms with van der Waals surface area (Å²) in [5, 5.41) is 9.35. The van der Waals surface area contributed by atoms with E-state index >= 15 is 0 Å². The van der Waals surface area contributed by atoms with Gasteiger partial charge in [0, 0.05) is 5.41 Å². The Bertz CT molecular complexity index is 601. The molecule has 0 aliphatic rings. The summed E-state index contributed by atoms with van der Waals surface area (Å²) in [6.07, 6.45) is -0.824. The van der Waals surface area contributed by atoms with Gasteiger partial charge in [-0.1, -0.05) is 38.1 Å². The van der Waals surface area contributed by atoms with Crippen LogP contribution in [-0.2, 0) is 5.41 Å². The minimum absolute atomic E-state index is 0.223. The highest BCUT2D eigenvalue weighted by Crippen LogP contribution is 2.33. The molecular weight excluding hydrogens is 254 g/mol. The summed E-state index contributed by atoms with van der Waals surface area (Å²) in [6.45, 7) is 4.17. The van der Waals surface area contributed by atoms with Crippen molar-refractivity contribution in [2.75, 3.05) is 0 Å². The van der Waals surface area contributed by atoms with Gasteiger partial charge in [-0.2, -0.15) is 0 Å². The van der Waals surface area contributed by atoms with Gasteiger partial charge in [0.15, 0.2) is 0 Å². The van der Waals surface area contributed by atoms with E-state index in [2.05, 4.69) is 13.8 Å². The number of primary amides is 1.